The van der Waals surface area contributed by atoms with Gasteiger partial charge in [0, 0.05) is 30.7 Å². The van der Waals surface area contributed by atoms with E-state index in [1.54, 1.807) is 0 Å². The summed E-state index contributed by atoms with van der Waals surface area (Å²) < 4.78 is 0. The van der Waals surface area contributed by atoms with Gasteiger partial charge in [-0.2, -0.15) is 0 Å². The van der Waals surface area contributed by atoms with E-state index in [0.717, 1.165) is 36.2 Å². The van der Waals surface area contributed by atoms with E-state index in [4.69, 9.17) is 0 Å². The highest BCUT2D eigenvalue weighted by Gasteiger charge is 2.32. The first-order valence-electron chi connectivity index (χ1n) is 7.68. The summed E-state index contributed by atoms with van der Waals surface area (Å²) in [6.07, 6.45) is 3.57. The van der Waals surface area contributed by atoms with Crippen LogP contribution in [0.15, 0.2) is 12.1 Å². The third kappa shape index (κ3) is 3.24. The van der Waals surface area contributed by atoms with Crippen LogP contribution in [0.1, 0.15) is 46.3 Å². The zero-order valence-electron chi connectivity index (χ0n) is 13.1. The van der Waals surface area contributed by atoms with Crippen LogP contribution in [-0.2, 0) is 0 Å². The van der Waals surface area contributed by atoms with Crippen molar-refractivity contribution < 1.29 is 4.79 Å². The molecule has 0 spiro atoms. The maximum absolute atomic E-state index is 12.9. The summed E-state index contributed by atoms with van der Waals surface area (Å²) in [5.74, 6) is 0.217. The zero-order valence-corrected chi connectivity index (χ0v) is 13.9. The van der Waals surface area contributed by atoms with Crippen molar-refractivity contribution in [1.82, 2.24) is 10.2 Å². The number of nitrogens with one attached hydrogen (secondary N) is 1. The molecule has 0 saturated carbocycles. The van der Waals surface area contributed by atoms with E-state index in [-0.39, 0.29) is 18.3 Å². The van der Waals surface area contributed by atoms with Crippen molar-refractivity contribution in [2.24, 2.45) is 0 Å². The summed E-state index contributed by atoms with van der Waals surface area (Å²) in [6, 6.07) is 5.35. The molecule has 2 bridgehead atoms. The molecule has 1 N–H and O–H groups in total. The largest absolute Gasteiger partial charge is 0.337 e. The van der Waals surface area contributed by atoms with Crippen molar-refractivity contribution in [3.05, 3.63) is 34.4 Å². The van der Waals surface area contributed by atoms with Gasteiger partial charge in [-0.1, -0.05) is 17.7 Å². The van der Waals surface area contributed by atoms with Gasteiger partial charge in [0.2, 0.25) is 0 Å². The van der Waals surface area contributed by atoms with Gasteiger partial charge in [-0.25, -0.2) is 0 Å². The standard InChI is InChI=1S/C17H24N2O.ClH/c1-11-8-12(2)16(13(3)9-11)17(20)19-7-6-14-4-5-15(10-19)18-14;/h8-9,14-15,18H,4-7,10H2,1-3H3;1H. The molecule has 21 heavy (non-hydrogen) atoms. The summed E-state index contributed by atoms with van der Waals surface area (Å²) in [6.45, 7) is 7.94. The summed E-state index contributed by atoms with van der Waals surface area (Å²) >= 11 is 0. The highest BCUT2D eigenvalue weighted by molar-refractivity contribution is 5.97. The van der Waals surface area contributed by atoms with Crippen molar-refractivity contribution in [3.63, 3.8) is 0 Å². The lowest BCUT2D eigenvalue weighted by molar-refractivity contribution is 0.0746. The van der Waals surface area contributed by atoms with Gasteiger partial charge in [-0.05, 0) is 51.2 Å². The molecule has 1 amide bonds. The molecule has 4 heteroatoms. The lowest BCUT2D eigenvalue weighted by Crippen LogP contribution is -2.39. The fraction of sp³-hybridized carbons (Fsp3) is 0.588. The van der Waals surface area contributed by atoms with E-state index in [1.807, 2.05) is 0 Å². The van der Waals surface area contributed by atoms with Gasteiger partial charge >= 0.3 is 0 Å². The van der Waals surface area contributed by atoms with E-state index in [0.29, 0.717) is 12.1 Å². The molecule has 1 aromatic rings. The van der Waals surface area contributed by atoms with Crippen LogP contribution in [-0.4, -0.2) is 36.0 Å². The Labute approximate surface area is 133 Å². The van der Waals surface area contributed by atoms with E-state index >= 15 is 0 Å². The van der Waals surface area contributed by atoms with Gasteiger partial charge in [0.05, 0.1) is 0 Å². The topological polar surface area (TPSA) is 32.3 Å². The van der Waals surface area contributed by atoms with Crippen molar-refractivity contribution in [2.45, 2.75) is 52.1 Å². The Hall–Kier alpha value is -1.06. The van der Waals surface area contributed by atoms with Crippen LogP contribution < -0.4 is 5.32 Å². The molecule has 3 nitrogen and oxygen atoms in total. The molecule has 2 heterocycles. The number of hydrogen-bond acceptors (Lipinski definition) is 2. The first-order valence-corrected chi connectivity index (χ1v) is 7.68. The van der Waals surface area contributed by atoms with E-state index in [2.05, 4.69) is 43.1 Å². The summed E-state index contributed by atoms with van der Waals surface area (Å²) in [5.41, 5.74) is 4.35. The quantitative estimate of drug-likeness (QED) is 0.865. The maximum atomic E-state index is 12.9. The van der Waals surface area contributed by atoms with Gasteiger partial charge in [0.25, 0.3) is 5.91 Å². The fourth-order valence-electron chi connectivity index (χ4n) is 3.80. The number of fused-ring (bicyclic) bond motifs is 2. The van der Waals surface area contributed by atoms with Crippen LogP contribution in [0.2, 0.25) is 0 Å². The Bertz CT molecular complexity index is 521. The Morgan fingerprint density at radius 2 is 1.71 bits per heavy atom. The lowest BCUT2D eigenvalue weighted by atomic mass is 9.98. The number of nitrogens with zero attached hydrogens (tertiary/aromatic N) is 1. The van der Waals surface area contributed by atoms with Gasteiger partial charge in [0.1, 0.15) is 0 Å². The normalized spacial score (nSPS) is 24.4. The summed E-state index contributed by atoms with van der Waals surface area (Å²) in [4.78, 5) is 14.9. The van der Waals surface area contributed by atoms with Crippen LogP contribution in [0.5, 0.6) is 0 Å². The third-order valence-corrected chi connectivity index (χ3v) is 4.70. The molecular formula is C17H25ClN2O. The van der Waals surface area contributed by atoms with Crippen LogP contribution in [0.3, 0.4) is 0 Å². The zero-order chi connectivity index (χ0) is 14.3. The SMILES string of the molecule is Cc1cc(C)c(C(=O)N2CCC3CCC(C2)N3)c(C)c1.Cl. The highest BCUT2D eigenvalue weighted by Crippen LogP contribution is 2.24. The molecule has 2 atom stereocenters. The number of likely N-dealkylation sites (tertiary alicyclic amines) is 1. The summed E-state index contributed by atoms with van der Waals surface area (Å²) in [7, 11) is 0. The fourth-order valence-corrected chi connectivity index (χ4v) is 3.80. The first-order chi connectivity index (χ1) is 9.54. The predicted molar refractivity (Wildman–Crippen MR) is 88.4 cm³/mol. The van der Waals surface area contributed by atoms with Crippen molar-refractivity contribution in [2.75, 3.05) is 13.1 Å². The molecule has 116 valence electrons. The second-order valence-corrected chi connectivity index (χ2v) is 6.45. The summed E-state index contributed by atoms with van der Waals surface area (Å²) in [5, 5.41) is 3.63. The predicted octanol–water partition coefficient (Wildman–Crippen LogP) is 3.00. The monoisotopic (exact) mass is 308 g/mol. The number of hydrogen-bond donors (Lipinski definition) is 1. The number of halogens is 1. The minimum absolute atomic E-state index is 0. The smallest absolute Gasteiger partial charge is 0.254 e. The molecule has 3 rings (SSSR count). The Morgan fingerprint density at radius 3 is 2.38 bits per heavy atom. The molecule has 0 aliphatic carbocycles. The molecule has 2 fully saturated rings. The number of benzene rings is 1. The number of carbonyl (C=O) groups excluding carboxylic acids is 1. The van der Waals surface area contributed by atoms with Gasteiger partial charge in [-0.15, -0.1) is 12.4 Å². The number of carbonyl (C=O) groups is 1. The molecule has 0 aromatic heterocycles. The lowest BCUT2D eigenvalue weighted by Gasteiger charge is -2.26. The number of aryl methyl sites for hydroxylation is 3. The minimum Gasteiger partial charge on any atom is -0.337 e. The molecular weight excluding hydrogens is 284 g/mol. The molecule has 0 radical (unpaired) electrons. The van der Waals surface area contributed by atoms with Crippen molar-refractivity contribution in [1.29, 1.82) is 0 Å². The molecule has 2 aliphatic rings. The molecule has 1 aromatic carbocycles. The molecule has 2 saturated heterocycles. The molecule has 2 unspecified atom stereocenters. The van der Waals surface area contributed by atoms with E-state index in [9.17, 15) is 4.79 Å². The Balaban J connectivity index is 0.00000161. The van der Waals surface area contributed by atoms with Crippen LogP contribution in [0, 0.1) is 20.8 Å². The van der Waals surface area contributed by atoms with Crippen LogP contribution in [0.25, 0.3) is 0 Å². The average Bonchev–Trinajstić information content (AvgIpc) is 2.67. The Kier molecular flexibility index (Phi) is 4.95. The van der Waals surface area contributed by atoms with Crippen molar-refractivity contribution >= 4 is 18.3 Å². The number of rotatable bonds is 1. The highest BCUT2D eigenvalue weighted by atomic mass is 35.5. The van der Waals surface area contributed by atoms with E-state index in [1.165, 1.54) is 18.4 Å². The third-order valence-electron chi connectivity index (χ3n) is 4.70. The average molecular weight is 309 g/mol. The number of amides is 1. The van der Waals surface area contributed by atoms with Crippen LogP contribution >= 0.6 is 12.4 Å². The minimum atomic E-state index is 0. The van der Waals surface area contributed by atoms with Crippen LogP contribution in [0.4, 0.5) is 0 Å². The van der Waals surface area contributed by atoms with Crippen molar-refractivity contribution in [3.8, 4) is 0 Å². The maximum Gasteiger partial charge on any atom is 0.254 e. The molecule has 2 aliphatic heterocycles. The van der Waals surface area contributed by atoms with Gasteiger partial charge in [-0.3, -0.25) is 4.79 Å². The second-order valence-electron chi connectivity index (χ2n) is 6.45. The second kappa shape index (κ2) is 6.37. The first kappa shape index (κ1) is 16.3. The van der Waals surface area contributed by atoms with E-state index < -0.39 is 0 Å². The van der Waals surface area contributed by atoms with Gasteiger partial charge in [0.15, 0.2) is 0 Å². The van der Waals surface area contributed by atoms with Gasteiger partial charge < -0.3 is 10.2 Å². The Morgan fingerprint density at radius 1 is 1.10 bits per heavy atom.